The summed E-state index contributed by atoms with van der Waals surface area (Å²) in [5.41, 5.74) is 6.56. The minimum absolute atomic E-state index is 0. The predicted molar refractivity (Wildman–Crippen MR) is 427 cm³/mol. The Kier molecular flexibility index (Phi) is 39.0. The van der Waals surface area contributed by atoms with Crippen LogP contribution in [0.25, 0.3) is 6.08 Å². The van der Waals surface area contributed by atoms with Crippen LogP contribution in [-0.4, -0.2) is 122 Å². The molecule has 2 amide bonds. The SMILES string of the molecule is C=Cc1ccc(OC)cc1.CC(C)(C)OC(=O)N1CCC[C@H]1C=O.COc1ccc(O)cc1.COc1ccc(Oc2cc(Cl)ccc2N)cc1.COc1ccc(Oc2cc(Cl)ccc2NC[C@@H]2CCCN2C(=O)OC(C)(C)C)cc1.COc1ccc(Oc2cc(Cl)ccc2[N+](=O)[O-])cc1.O=[N+]([O-])c1ccc(Cl)cc1F.[Zn]. The van der Waals surface area contributed by atoms with E-state index in [2.05, 4.69) is 11.9 Å². The van der Waals surface area contributed by atoms with Gasteiger partial charge in [-0.1, -0.05) is 71.2 Å². The molecule has 0 saturated carbocycles. The average molecular weight is 1660 g/mol. The summed E-state index contributed by atoms with van der Waals surface area (Å²) in [7, 11) is 8.04. The Labute approximate surface area is 677 Å². The van der Waals surface area contributed by atoms with Crippen molar-refractivity contribution in [3.05, 3.63) is 252 Å². The Morgan fingerprint density at radius 3 is 1.32 bits per heavy atom. The first-order chi connectivity index (χ1) is 52.3. The normalized spacial score (nSPS) is 12.9. The predicted octanol–water partition coefficient (Wildman–Crippen LogP) is 21.4. The molecule has 588 valence electrons. The van der Waals surface area contributed by atoms with E-state index < -0.39 is 32.6 Å². The largest absolute Gasteiger partial charge is 0.508 e. The summed E-state index contributed by atoms with van der Waals surface area (Å²) in [6, 6.07) is 53.3. The molecule has 4 N–H and O–H groups in total. The van der Waals surface area contributed by atoms with E-state index in [9.17, 15) is 39.0 Å². The fourth-order valence-corrected chi connectivity index (χ4v) is 10.3. The van der Waals surface area contributed by atoms with Crippen LogP contribution in [0.2, 0.25) is 20.1 Å². The summed E-state index contributed by atoms with van der Waals surface area (Å²) >= 11 is 23.2. The number of nitrogen functional groups attached to an aromatic ring is 1. The second-order valence-electron chi connectivity index (χ2n) is 25.4. The number of nitrogens with one attached hydrogen (secondary N) is 1. The number of aromatic hydroxyl groups is 1. The van der Waals surface area contributed by atoms with Gasteiger partial charge >= 0.3 is 23.6 Å². The van der Waals surface area contributed by atoms with E-state index in [1.807, 2.05) is 114 Å². The first-order valence-corrected chi connectivity index (χ1v) is 35.4. The molecule has 0 spiro atoms. The number of benzene rings is 9. The van der Waals surface area contributed by atoms with E-state index >= 15 is 0 Å². The third-order valence-corrected chi connectivity index (χ3v) is 16.0. The summed E-state index contributed by atoms with van der Waals surface area (Å²) in [5.74, 6) is 6.28. The van der Waals surface area contributed by atoms with Gasteiger partial charge in [-0.15, -0.1) is 0 Å². The van der Waals surface area contributed by atoms with Crippen molar-refractivity contribution in [1.82, 2.24) is 9.80 Å². The molecule has 30 heteroatoms. The van der Waals surface area contributed by atoms with Gasteiger partial charge in [0, 0.05) is 89.5 Å². The van der Waals surface area contributed by atoms with Crippen molar-refractivity contribution in [3.8, 4) is 69.0 Å². The van der Waals surface area contributed by atoms with Gasteiger partial charge in [0.05, 0.1) is 68.9 Å². The number of ether oxygens (including phenoxy) is 10. The Morgan fingerprint density at radius 2 is 0.892 bits per heavy atom. The number of nitrogens with two attached hydrogens (primary N) is 1. The zero-order valence-corrected chi connectivity index (χ0v) is 69.3. The third kappa shape index (κ3) is 33.2. The zero-order chi connectivity index (χ0) is 81.1. The van der Waals surface area contributed by atoms with Crippen molar-refractivity contribution in [2.45, 2.75) is 90.5 Å². The number of halogens is 5. The van der Waals surface area contributed by atoms with Crippen molar-refractivity contribution in [1.29, 1.82) is 0 Å². The van der Waals surface area contributed by atoms with Gasteiger partial charge in [-0.05, 0) is 224 Å². The number of phenolic OH excluding ortho intramolecular Hbond substituents is 1. The summed E-state index contributed by atoms with van der Waals surface area (Å²) in [4.78, 5) is 57.6. The number of phenols is 1. The van der Waals surface area contributed by atoms with Crippen LogP contribution >= 0.6 is 46.4 Å². The number of carbonyl (C=O) groups excluding carboxylic acids is 3. The molecular weight excluding hydrogens is 1570 g/mol. The van der Waals surface area contributed by atoms with Crippen LogP contribution in [-0.2, 0) is 33.7 Å². The smallest absolute Gasteiger partial charge is 0.410 e. The molecule has 24 nitrogen and oxygen atoms in total. The number of likely N-dealkylation sites (tertiary alicyclic amines) is 2. The molecular formula is C81H89Cl4FN6O18Zn. The maximum absolute atomic E-state index is 12.6. The van der Waals surface area contributed by atoms with Crippen LogP contribution < -0.4 is 48.9 Å². The molecule has 11 rings (SSSR count). The van der Waals surface area contributed by atoms with Crippen molar-refractivity contribution in [2.24, 2.45) is 0 Å². The number of aldehydes is 1. The van der Waals surface area contributed by atoms with Gasteiger partial charge in [0.2, 0.25) is 11.6 Å². The number of rotatable bonds is 18. The van der Waals surface area contributed by atoms with E-state index in [-0.39, 0.29) is 66.0 Å². The summed E-state index contributed by atoms with van der Waals surface area (Å²) in [6.45, 7) is 16.7. The molecule has 2 aliphatic rings. The molecule has 0 aromatic heterocycles. The molecule has 9 aromatic carbocycles. The maximum Gasteiger partial charge on any atom is 0.410 e. The Balaban J connectivity index is 0.000000284. The number of hydrogen-bond acceptors (Lipinski definition) is 20. The van der Waals surface area contributed by atoms with Crippen LogP contribution in [0, 0.1) is 26.0 Å². The van der Waals surface area contributed by atoms with E-state index in [0.29, 0.717) is 74.9 Å². The maximum atomic E-state index is 12.6. The Hall–Kier alpha value is -10.8. The molecule has 0 bridgehead atoms. The second kappa shape index (κ2) is 46.7. The van der Waals surface area contributed by atoms with Crippen LogP contribution in [0.1, 0.15) is 72.8 Å². The molecule has 2 heterocycles. The molecule has 2 fully saturated rings. The monoisotopic (exact) mass is 1660 g/mol. The number of nitrogens with zero attached hydrogens (tertiary/aromatic N) is 4. The molecule has 0 aliphatic carbocycles. The number of hydrogen-bond donors (Lipinski definition) is 3. The molecule has 0 radical (unpaired) electrons. The van der Waals surface area contributed by atoms with Gasteiger partial charge in [0.25, 0.3) is 0 Å². The van der Waals surface area contributed by atoms with E-state index in [4.69, 9.17) is 105 Å². The molecule has 111 heavy (non-hydrogen) atoms. The van der Waals surface area contributed by atoms with E-state index in [0.717, 1.165) is 78.4 Å². The number of methoxy groups -OCH3 is 5. The van der Waals surface area contributed by atoms with Crippen LogP contribution in [0.5, 0.6) is 69.0 Å². The van der Waals surface area contributed by atoms with Crippen LogP contribution in [0.3, 0.4) is 0 Å². The Bertz CT molecular complexity index is 4410. The number of amides is 2. The van der Waals surface area contributed by atoms with Crippen LogP contribution in [0.15, 0.2) is 201 Å². The van der Waals surface area contributed by atoms with E-state index in [1.54, 1.807) is 131 Å². The second-order valence-corrected chi connectivity index (χ2v) is 27.2. The summed E-state index contributed by atoms with van der Waals surface area (Å²) in [6.07, 6.45) is 5.49. The molecule has 0 unspecified atom stereocenters. The van der Waals surface area contributed by atoms with Gasteiger partial charge in [0.1, 0.15) is 69.2 Å². The number of nitro benzene ring substituents is 2. The van der Waals surface area contributed by atoms with Gasteiger partial charge in [-0.3, -0.25) is 25.1 Å². The number of carbonyl (C=O) groups is 3. The minimum atomic E-state index is -0.914. The molecule has 2 saturated heterocycles. The zero-order valence-electron chi connectivity index (χ0n) is 63.3. The summed E-state index contributed by atoms with van der Waals surface area (Å²) in [5, 5.41) is 34.8. The van der Waals surface area contributed by atoms with Gasteiger partial charge in [0.15, 0.2) is 11.5 Å². The topological polar surface area (TPSA) is 295 Å². The molecule has 2 atom stereocenters. The van der Waals surface area contributed by atoms with Gasteiger partial charge in [-0.2, -0.15) is 4.39 Å². The molecule has 9 aromatic rings. The fraction of sp³-hybridized carbons (Fsp3) is 0.272. The Morgan fingerprint density at radius 1 is 0.532 bits per heavy atom. The van der Waals surface area contributed by atoms with Crippen molar-refractivity contribution < 1.29 is 101 Å². The van der Waals surface area contributed by atoms with Crippen LogP contribution in [0.4, 0.5) is 36.7 Å². The number of nitro groups is 2. The van der Waals surface area contributed by atoms with E-state index in [1.165, 1.54) is 29.2 Å². The minimum Gasteiger partial charge on any atom is -0.508 e. The fourth-order valence-electron chi connectivity index (χ4n) is 9.63. The van der Waals surface area contributed by atoms with Crippen molar-refractivity contribution in [3.63, 3.8) is 0 Å². The van der Waals surface area contributed by atoms with Gasteiger partial charge in [-0.25, -0.2) is 9.59 Å². The van der Waals surface area contributed by atoms with Crippen molar-refractivity contribution >= 4 is 93.7 Å². The first-order valence-electron chi connectivity index (χ1n) is 33.9. The molecule has 2 aliphatic heterocycles. The average Bonchev–Trinajstić information content (AvgIpc) is 1.36. The summed E-state index contributed by atoms with van der Waals surface area (Å²) < 4.78 is 65.5. The quantitative estimate of drug-likeness (QED) is 0.0236. The van der Waals surface area contributed by atoms with Crippen molar-refractivity contribution in [2.75, 3.05) is 66.2 Å². The first kappa shape index (κ1) is 92.6. The third-order valence-electron chi connectivity index (χ3n) is 15.0. The number of anilines is 2. The van der Waals surface area contributed by atoms with Gasteiger partial charge < -0.3 is 73.2 Å². The standard InChI is InChI=1S/C23H29ClN2O4.C13H10ClNO4.C13H12ClNO2.C10H17NO3.C9H10O.C7H8O2.C6H3ClFNO2.Zn/c1-23(2,3)30-22(27)26-13-5-6-17(26)15-25-20-12-7-16(24)14-21(20)29-19-10-8-18(28-4)9-11-19;1-18-10-3-5-11(6-4-10)19-13-8-9(14)2-7-12(13)15(16)17;1-16-10-3-5-11(6-4-10)17-13-8-9(14)2-7-12(13)15;1-10(2,3)14-9(13)11-6-4-5-8(11)7-12;1-3-8-4-6-9(10-2)7-5-8;1-9-7-4-2-6(8)3-5-7;7-4-1-2-6(9(10)11)5(8)3-4;/h7-12,14,17,25H,5-6,13,15H2,1-4H3;2-8H,1H3;2-8H,15H2,1H3;7-8H,4-6H2,1-3H3;3-7H,1H2,2H3;2-5,8H,1H3;1-3H;/t17-;;;8-;;;;/m0..0..../s1.